The molecule has 2 aliphatic carbocycles. The molecule has 12 heavy (non-hydrogen) atoms. The Bertz CT molecular complexity index is 163. The van der Waals surface area contributed by atoms with Gasteiger partial charge in [0.05, 0.1) is 0 Å². The molecule has 0 spiro atoms. The molecular weight excluding hydrogens is 148 g/mol. The van der Waals surface area contributed by atoms with Crippen LogP contribution in [0.15, 0.2) is 0 Å². The highest BCUT2D eigenvalue weighted by Crippen LogP contribution is 2.41. The number of hydrogen-bond acceptors (Lipinski definition) is 2. The predicted molar refractivity (Wildman–Crippen MR) is 51.0 cm³/mol. The van der Waals surface area contributed by atoms with E-state index in [0.29, 0.717) is 11.0 Å². The van der Waals surface area contributed by atoms with Gasteiger partial charge in [0.15, 0.2) is 0 Å². The fourth-order valence-electron chi connectivity index (χ4n) is 1.90. The van der Waals surface area contributed by atoms with E-state index < -0.39 is 0 Å². The molecule has 0 radical (unpaired) electrons. The minimum atomic E-state index is 0.478. The van der Waals surface area contributed by atoms with E-state index in [0.717, 1.165) is 13.1 Å². The summed E-state index contributed by atoms with van der Waals surface area (Å²) >= 11 is 0. The number of hydrogen-bond donors (Lipinski definition) is 2. The summed E-state index contributed by atoms with van der Waals surface area (Å²) in [5, 5.41) is 3.65. The fourth-order valence-corrected chi connectivity index (χ4v) is 1.90. The van der Waals surface area contributed by atoms with Crippen molar-refractivity contribution in [1.82, 2.24) is 5.32 Å². The number of nitrogens with one attached hydrogen (secondary N) is 1. The summed E-state index contributed by atoms with van der Waals surface area (Å²) in [4.78, 5) is 0. The third-order valence-corrected chi connectivity index (χ3v) is 3.74. The first-order valence-electron chi connectivity index (χ1n) is 5.13. The molecule has 0 atom stereocenters. The van der Waals surface area contributed by atoms with Gasteiger partial charge in [-0.05, 0) is 44.6 Å². The topological polar surface area (TPSA) is 38.0 Å². The van der Waals surface area contributed by atoms with E-state index in [1.807, 2.05) is 0 Å². The summed E-state index contributed by atoms with van der Waals surface area (Å²) in [6.07, 6.45) is 6.77. The predicted octanol–water partition coefficient (Wildman–Crippen LogP) is 1.26. The van der Waals surface area contributed by atoms with Crippen LogP contribution in [0.4, 0.5) is 0 Å². The van der Waals surface area contributed by atoms with Crippen LogP contribution in [0, 0.1) is 5.41 Å². The summed E-state index contributed by atoms with van der Waals surface area (Å²) in [6.45, 7) is 4.34. The van der Waals surface area contributed by atoms with E-state index in [9.17, 15) is 0 Å². The molecule has 2 rings (SSSR count). The first-order chi connectivity index (χ1) is 5.68. The van der Waals surface area contributed by atoms with E-state index in [-0.39, 0.29) is 0 Å². The van der Waals surface area contributed by atoms with Crippen molar-refractivity contribution in [3.05, 3.63) is 0 Å². The molecule has 2 aliphatic rings. The first-order valence-corrected chi connectivity index (χ1v) is 5.13. The van der Waals surface area contributed by atoms with Gasteiger partial charge in [0, 0.05) is 12.1 Å². The van der Waals surface area contributed by atoms with Gasteiger partial charge in [-0.25, -0.2) is 0 Å². The van der Waals surface area contributed by atoms with Gasteiger partial charge in [-0.15, -0.1) is 0 Å². The lowest BCUT2D eigenvalue weighted by Crippen LogP contribution is -2.48. The Balaban J connectivity index is 1.77. The van der Waals surface area contributed by atoms with Crippen LogP contribution < -0.4 is 11.1 Å². The Kier molecular flexibility index (Phi) is 1.92. The SMILES string of the molecule is CC1(NCC2(CN)CCC2)CC1. The maximum absolute atomic E-state index is 5.78. The lowest BCUT2D eigenvalue weighted by molar-refractivity contribution is 0.135. The second kappa shape index (κ2) is 2.71. The van der Waals surface area contributed by atoms with Crippen molar-refractivity contribution >= 4 is 0 Å². The van der Waals surface area contributed by atoms with Crippen molar-refractivity contribution in [2.45, 2.75) is 44.6 Å². The third kappa shape index (κ3) is 1.50. The van der Waals surface area contributed by atoms with E-state index in [2.05, 4.69) is 12.2 Å². The molecule has 0 saturated heterocycles. The molecule has 2 nitrogen and oxygen atoms in total. The van der Waals surface area contributed by atoms with Gasteiger partial charge in [0.1, 0.15) is 0 Å². The molecule has 2 heteroatoms. The Labute approximate surface area is 74.9 Å². The molecule has 0 bridgehead atoms. The smallest absolute Gasteiger partial charge is 0.0154 e. The highest BCUT2D eigenvalue weighted by Gasteiger charge is 2.41. The van der Waals surface area contributed by atoms with Crippen molar-refractivity contribution in [3.63, 3.8) is 0 Å². The summed E-state index contributed by atoms with van der Waals surface area (Å²) in [7, 11) is 0. The molecule has 2 fully saturated rings. The quantitative estimate of drug-likeness (QED) is 0.663. The lowest BCUT2D eigenvalue weighted by Gasteiger charge is -2.42. The Hall–Kier alpha value is -0.0800. The fraction of sp³-hybridized carbons (Fsp3) is 1.00. The molecule has 0 unspecified atom stereocenters. The monoisotopic (exact) mass is 168 g/mol. The zero-order chi connectivity index (χ0) is 8.66. The van der Waals surface area contributed by atoms with E-state index in [4.69, 9.17) is 5.73 Å². The van der Waals surface area contributed by atoms with Crippen LogP contribution in [0.2, 0.25) is 0 Å². The highest BCUT2D eigenvalue weighted by molar-refractivity contribution is 5.00. The number of rotatable bonds is 4. The maximum atomic E-state index is 5.78. The van der Waals surface area contributed by atoms with Crippen LogP contribution in [-0.4, -0.2) is 18.6 Å². The molecule has 0 aromatic carbocycles. The summed E-state index contributed by atoms with van der Waals surface area (Å²) < 4.78 is 0. The second-order valence-electron chi connectivity index (χ2n) is 4.97. The number of nitrogens with two attached hydrogens (primary N) is 1. The van der Waals surface area contributed by atoms with Gasteiger partial charge >= 0.3 is 0 Å². The van der Waals surface area contributed by atoms with Crippen LogP contribution in [0.5, 0.6) is 0 Å². The van der Waals surface area contributed by atoms with Crippen LogP contribution >= 0.6 is 0 Å². The molecule has 0 amide bonds. The van der Waals surface area contributed by atoms with Gasteiger partial charge in [-0.3, -0.25) is 0 Å². The van der Waals surface area contributed by atoms with Crippen LogP contribution in [-0.2, 0) is 0 Å². The molecule has 0 heterocycles. The molecule has 3 N–H and O–H groups in total. The highest BCUT2D eigenvalue weighted by atomic mass is 15.0. The molecular formula is C10H20N2. The van der Waals surface area contributed by atoms with Crippen LogP contribution in [0.3, 0.4) is 0 Å². The van der Waals surface area contributed by atoms with E-state index in [1.165, 1.54) is 32.1 Å². The van der Waals surface area contributed by atoms with Crippen molar-refractivity contribution < 1.29 is 0 Å². The Morgan fingerprint density at radius 2 is 1.92 bits per heavy atom. The normalized spacial score (nSPS) is 29.5. The third-order valence-electron chi connectivity index (χ3n) is 3.74. The molecule has 70 valence electrons. The average Bonchev–Trinajstić information content (AvgIpc) is 2.68. The van der Waals surface area contributed by atoms with Gasteiger partial charge in [0.2, 0.25) is 0 Å². The van der Waals surface area contributed by atoms with Crippen molar-refractivity contribution in [2.75, 3.05) is 13.1 Å². The molecule has 0 aromatic rings. The molecule has 2 saturated carbocycles. The summed E-state index contributed by atoms with van der Waals surface area (Å²) in [6, 6.07) is 0. The zero-order valence-electron chi connectivity index (χ0n) is 8.03. The van der Waals surface area contributed by atoms with Gasteiger partial charge in [-0.1, -0.05) is 6.42 Å². The second-order valence-corrected chi connectivity index (χ2v) is 4.97. The van der Waals surface area contributed by atoms with Crippen molar-refractivity contribution in [3.8, 4) is 0 Å². The van der Waals surface area contributed by atoms with Gasteiger partial charge in [0.25, 0.3) is 0 Å². The van der Waals surface area contributed by atoms with Crippen LogP contribution in [0.25, 0.3) is 0 Å². The first kappa shape index (κ1) is 8.52. The minimum Gasteiger partial charge on any atom is -0.330 e. The maximum Gasteiger partial charge on any atom is 0.0154 e. The largest absolute Gasteiger partial charge is 0.330 e. The van der Waals surface area contributed by atoms with Gasteiger partial charge in [-0.2, -0.15) is 0 Å². The van der Waals surface area contributed by atoms with Gasteiger partial charge < -0.3 is 11.1 Å². The van der Waals surface area contributed by atoms with Crippen LogP contribution in [0.1, 0.15) is 39.0 Å². The average molecular weight is 168 g/mol. The standard InChI is InChI=1S/C10H20N2/c1-9(5-6-9)12-8-10(7-11)3-2-4-10/h12H,2-8,11H2,1H3. The van der Waals surface area contributed by atoms with E-state index >= 15 is 0 Å². The summed E-state index contributed by atoms with van der Waals surface area (Å²) in [5.74, 6) is 0. The summed E-state index contributed by atoms with van der Waals surface area (Å²) in [5.41, 5.74) is 6.74. The molecule has 0 aromatic heterocycles. The minimum absolute atomic E-state index is 0.478. The Morgan fingerprint density at radius 1 is 1.25 bits per heavy atom. The van der Waals surface area contributed by atoms with Crippen molar-refractivity contribution in [1.29, 1.82) is 0 Å². The van der Waals surface area contributed by atoms with E-state index in [1.54, 1.807) is 0 Å². The van der Waals surface area contributed by atoms with Crippen molar-refractivity contribution in [2.24, 2.45) is 11.1 Å². The lowest BCUT2D eigenvalue weighted by atomic mass is 9.68. The Morgan fingerprint density at radius 3 is 2.25 bits per heavy atom. The molecule has 0 aliphatic heterocycles. The zero-order valence-corrected chi connectivity index (χ0v) is 8.03.